The molecule has 0 aromatic heterocycles. The Balaban J connectivity index is 1.81. The van der Waals surface area contributed by atoms with Crippen LogP contribution in [0.5, 0.6) is 0 Å². The molecular weight excluding hydrogens is 230 g/mol. The third-order valence-electron chi connectivity index (χ3n) is 4.13. The molecule has 0 spiro atoms. The van der Waals surface area contributed by atoms with Gasteiger partial charge in [0.2, 0.25) is 0 Å². The minimum absolute atomic E-state index is 0.815. The van der Waals surface area contributed by atoms with Gasteiger partial charge in [0, 0.05) is 6.04 Å². The van der Waals surface area contributed by atoms with Gasteiger partial charge in [-0.2, -0.15) is 0 Å². The molecule has 1 saturated carbocycles. The number of aryl methyl sites for hydroxylation is 1. The number of rotatable bonds is 9. The Labute approximate surface area is 118 Å². The van der Waals surface area contributed by atoms with Crippen LogP contribution in [0, 0.1) is 12.8 Å². The summed E-state index contributed by atoms with van der Waals surface area (Å²) >= 11 is 0. The summed E-state index contributed by atoms with van der Waals surface area (Å²) in [6.45, 7) is 5.66. The summed E-state index contributed by atoms with van der Waals surface area (Å²) in [5.74, 6) is 0.815. The van der Waals surface area contributed by atoms with Gasteiger partial charge >= 0.3 is 0 Å². The Morgan fingerprint density at radius 2 is 1.89 bits per heavy atom. The van der Waals surface area contributed by atoms with Crippen molar-refractivity contribution >= 4 is 0 Å². The molecule has 0 heterocycles. The molecule has 19 heavy (non-hydrogen) atoms. The first-order valence-corrected chi connectivity index (χ1v) is 8.07. The lowest BCUT2D eigenvalue weighted by atomic mass is 9.93. The largest absolute Gasteiger partial charge is 0.314 e. The monoisotopic (exact) mass is 259 g/mol. The molecule has 0 amide bonds. The molecule has 0 aliphatic heterocycles. The van der Waals surface area contributed by atoms with Gasteiger partial charge < -0.3 is 5.32 Å². The molecule has 0 radical (unpaired) electrons. The summed E-state index contributed by atoms with van der Waals surface area (Å²) in [6.07, 6.45) is 9.50. The Bertz CT molecular complexity index is 350. The van der Waals surface area contributed by atoms with Crippen LogP contribution in [0.2, 0.25) is 0 Å². The Hall–Kier alpha value is -0.820. The van der Waals surface area contributed by atoms with E-state index in [1.54, 1.807) is 0 Å². The van der Waals surface area contributed by atoms with Crippen molar-refractivity contribution in [1.29, 1.82) is 0 Å². The third-order valence-corrected chi connectivity index (χ3v) is 4.13. The first kappa shape index (κ1) is 14.6. The summed E-state index contributed by atoms with van der Waals surface area (Å²) in [4.78, 5) is 0. The van der Waals surface area contributed by atoms with Crippen LogP contribution in [-0.2, 0) is 6.42 Å². The average molecular weight is 259 g/mol. The van der Waals surface area contributed by atoms with Crippen molar-refractivity contribution in [3.63, 3.8) is 0 Å². The predicted octanol–water partition coefficient (Wildman–Crippen LogP) is 4.49. The van der Waals surface area contributed by atoms with Crippen LogP contribution in [-0.4, -0.2) is 12.6 Å². The highest BCUT2D eigenvalue weighted by Crippen LogP contribution is 2.21. The van der Waals surface area contributed by atoms with Crippen molar-refractivity contribution < 1.29 is 0 Å². The molecule has 1 nitrogen and oxygen atoms in total. The summed E-state index contributed by atoms with van der Waals surface area (Å²) in [6, 6.07) is 9.93. The van der Waals surface area contributed by atoms with E-state index in [9.17, 15) is 0 Å². The van der Waals surface area contributed by atoms with Crippen molar-refractivity contribution in [2.45, 2.75) is 64.8 Å². The van der Waals surface area contributed by atoms with Crippen molar-refractivity contribution in [3.05, 3.63) is 35.4 Å². The lowest BCUT2D eigenvalue weighted by molar-refractivity contribution is 0.422. The zero-order valence-electron chi connectivity index (χ0n) is 12.6. The Morgan fingerprint density at radius 3 is 2.53 bits per heavy atom. The van der Waals surface area contributed by atoms with E-state index in [-0.39, 0.29) is 0 Å². The molecule has 0 saturated heterocycles. The van der Waals surface area contributed by atoms with Gasteiger partial charge in [0.25, 0.3) is 0 Å². The lowest BCUT2D eigenvalue weighted by Gasteiger charge is -2.18. The Morgan fingerprint density at radius 1 is 1.16 bits per heavy atom. The molecule has 0 bridgehead atoms. The summed E-state index contributed by atoms with van der Waals surface area (Å²) in [5.41, 5.74) is 2.87. The van der Waals surface area contributed by atoms with Crippen LogP contribution in [0.15, 0.2) is 24.3 Å². The van der Waals surface area contributed by atoms with E-state index in [2.05, 4.69) is 43.4 Å². The maximum atomic E-state index is 3.72. The number of unbranched alkanes of at least 4 members (excludes halogenated alkanes) is 2. The molecule has 1 aromatic rings. The highest BCUT2D eigenvalue weighted by atomic mass is 14.9. The molecule has 1 aromatic carbocycles. The first-order chi connectivity index (χ1) is 9.28. The van der Waals surface area contributed by atoms with Gasteiger partial charge in [-0.25, -0.2) is 0 Å². The van der Waals surface area contributed by atoms with Crippen LogP contribution >= 0.6 is 0 Å². The predicted molar refractivity (Wildman–Crippen MR) is 83.5 cm³/mol. The summed E-state index contributed by atoms with van der Waals surface area (Å²) in [5, 5.41) is 3.72. The fraction of sp³-hybridized carbons (Fsp3) is 0.667. The molecule has 106 valence electrons. The molecule has 2 rings (SSSR count). The zero-order valence-corrected chi connectivity index (χ0v) is 12.6. The van der Waals surface area contributed by atoms with Crippen LogP contribution < -0.4 is 5.32 Å². The van der Waals surface area contributed by atoms with Gasteiger partial charge in [0.15, 0.2) is 0 Å². The van der Waals surface area contributed by atoms with Crippen molar-refractivity contribution in [2.24, 2.45) is 5.92 Å². The normalized spacial score (nSPS) is 16.5. The molecule has 1 unspecified atom stereocenters. The second-order valence-electron chi connectivity index (χ2n) is 6.23. The molecule has 1 aliphatic carbocycles. The van der Waals surface area contributed by atoms with E-state index in [1.165, 1.54) is 62.6 Å². The fourth-order valence-electron chi connectivity index (χ4n) is 2.64. The van der Waals surface area contributed by atoms with Gasteiger partial charge in [-0.3, -0.25) is 0 Å². The molecule has 1 fully saturated rings. The van der Waals surface area contributed by atoms with Crippen LogP contribution in [0.3, 0.4) is 0 Å². The van der Waals surface area contributed by atoms with E-state index < -0.39 is 0 Å². The highest BCUT2D eigenvalue weighted by Gasteiger charge is 2.21. The van der Waals surface area contributed by atoms with E-state index in [4.69, 9.17) is 0 Å². The molecule has 1 heteroatoms. The highest BCUT2D eigenvalue weighted by molar-refractivity contribution is 5.21. The maximum absolute atomic E-state index is 3.72. The molecular formula is C18H29N. The van der Waals surface area contributed by atoms with Crippen molar-refractivity contribution in [1.82, 2.24) is 5.32 Å². The Kier molecular flexibility index (Phi) is 5.91. The number of hydrogen-bond donors (Lipinski definition) is 1. The SMILES string of the molecule is CCCCCC(CNC1CC1)Cc1ccc(C)cc1. The topological polar surface area (TPSA) is 12.0 Å². The second-order valence-corrected chi connectivity index (χ2v) is 6.23. The van der Waals surface area contributed by atoms with Crippen molar-refractivity contribution in [3.8, 4) is 0 Å². The molecule has 1 N–H and O–H groups in total. The standard InChI is InChI=1S/C18H29N/c1-3-4-5-6-17(14-19-18-11-12-18)13-16-9-7-15(2)8-10-16/h7-10,17-19H,3-6,11-14H2,1-2H3. The van der Waals surface area contributed by atoms with E-state index >= 15 is 0 Å². The van der Waals surface area contributed by atoms with Crippen LogP contribution in [0.4, 0.5) is 0 Å². The number of hydrogen-bond acceptors (Lipinski definition) is 1. The fourth-order valence-corrected chi connectivity index (χ4v) is 2.64. The van der Waals surface area contributed by atoms with Crippen molar-refractivity contribution in [2.75, 3.05) is 6.54 Å². The smallest absolute Gasteiger partial charge is 0.00683 e. The quantitative estimate of drug-likeness (QED) is 0.644. The van der Waals surface area contributed by atoms with Gasteiger partial charge in [0.1, 0.15) is 0 Å². The van der Waals surface area contributed by atoms with Crippen LogP contribution in [0.1, 0.15) is 56.6 Å². The summed E-state index contributed by atoms with van der Waals surface area (Å²) < 4.78 is 0. The molecule has 1 atom stereocenters. The number of benzene rings is 1. The van der Waals surface area contributed by atoms with E-state index in [0.717, 1.165) is 12.0 Å². The van der Waals surface area contributed by atoms with Gasteiger partial charge in [-0.15, -0.1) is 0 Å². The lowest BCUT2D eigenvalue weighted by Crippen LogP contribution is -2.26. The zero-order chi connectivity index (χ0) is 13.5. The molecule has 1 aliphatic rings. The first-order valence-electron chi connectivity index (χ1n) is 8.07. The minimum atomic E-state index is 0.815. The third kappa shape index (κ3) is 5.78. The van der Waals surface area contributed by atoms with Gasteiger partial charge in [0.05, 0.1) is 0 Å². The van der Waals surface area contributed by atoms with E-state index in [0.29, 0.717) is 0 Å². The maximum Gasteiger partial charge on any atom is 0.00683 e. The van der Waals surface area contributed by atoms with Gasteiger partial charge in [-0.05, 0) is 50.6 Å². The summed E-state index contributed by atoms with van der Waals surface area (Å²) in [7, 11) is 0. The van der Waals surface area contributed by atoms with Crippen LogP contribution in [0.25, 0.3) is 0 Å². The second kappa shape index (κ2) is 7.69. The van der Waals surface area contributed by atoms with Gasteiger partial charge in [-0.1, -0.05) is 56.0 Å². The van der Waals surface area contributed by atoms with E-state index in [1.807, 2.05) is 0 Å². The minimum Gasteiger partial charge on any atom is -0.314 e. The number of nitrogens with one attached hydrogen (secondary N) is 1. The average Bonchev–Trinajstić information content (AvgIpc) is 3.23.